The SMILES string of the molecule is CC(C)CCC[C@@H](C)[C@@H]1CC[C@@H]2[C@@H]3CC[C@H]4C[C@H](I)[C@H](O)C[C@]4(C)[C@H]3CC[C@]21C. The van der Waals surface area contributed by atoms with Gasteiger partial charge in [-0.1, -0.05) is 76.5 Å². The van der Waals surface area contributed by atoms with Gasteiger partial charge in [0, 0.05) is 3.92 Å². The highest BCUT2D eigenvalue weighted by molar-refractivity contribution is 14.1. The lowest BCUT2D eigenvalue weighted by atomic mass is 9.44. The van der Waals surface area contributed by atoms with E-state index in [4.69, 9.17) is 0 Å². The van der Waals surface area contributed by atoms with E-state index in [2.05, 4.69) is 57.2 Å². The van der Waals surface area contributed by atoms with E-state index in [9.17, 15) is 5.11 Å². The summed E-state index contributed by atoms with van der Waals surface area (Å²) in [6, 6.07) is 0. The lowest BCUT2D eigenvalue weighted by Gasteiger charge is -2.61. The van der Waals surface area contributed by atoms with Gasteiger partial charge in [0.25, 0.3) is 0 Å². The molecule has 29 heavy (non-hydrogen) atoms. The Morgan fingerprint density at radius 1 is 0.931 bits per heavy atom. The second-order valence-corrected chi connectivity index (χ2v) is 14.3. The molecule has 168 valence electrons. The summed E-state index contributed by atoms with van der Waals surface area (Å²) in [6.45, 7) is 12.6. The van der Waals surface area contributed by atoms with Gasteiger partial charge in [-0.2, -0.15) is 0 Å². The largest absolute Gasteiger partial charge is 0.392 e. The third-order valence-electron chi connectivity index (χ3n) is 10.8. The van der Waals surface area contributed by atoms with Gasteiger partial charge in [0.15, 0.2) is 0 Å². The van der Waals surface area contributed by atoms with E-state index in [1.807, 2.05) is 0 Å². The molecule has 4 aliphatic carbocycles. The molecular formula is C27H47IO. The molecule has 0 saturated heterocycles. The first-order valence-corrected chi connectivity index (χ1v) is 14.2. The molecule has 0 amide bonds. The summed E-state index contributed by atoms with van der Waals surface area (Å²) in [5, 5.41) is 10.7. The molecule has 4 saturated carbocycles. The van der Waals surface area contributed by atoms with Gasteiger partial charge < -0.3 is 5.11 Å². The zero-order valence-electron chi connectivity index (χ0n) is 19.8. The standard InChI is InChI=1S/C27H47IO/c1-17(2)7-6-8-18(3)21-11-12-22-20-10-9-19-15-24(28)25(29)16-27(19,5)23(20)13-14-26(21,22)4/h17-25,29H,6-16H2,1-5H3/t18-,19+,20+,21+,22-,23+,24+,25-,26+,27+/m1/s1. The number of aliphatic hydroxyl groups excluding tert-OH is 1. The second-order valence-electron chi connectivity index (χ2n) is 12.7. The van der Waals surface area contributed by atoms with Crippen molar-refractivity contribution in [2.45, 2.75) is 115 Å². The maximum atomic E-state index is 10.7. The summed E-state index contributed by atoms with van der Waals surface area (Å²) >= 11 is 2.53. The van der Waals surface area contributed by atoms with Crippen LogP contribution in [-0.4, -0.2) is 15.1 Å². The molecule has 4 aliphatic rings. The minimum Gasteiger partial charge on any atom is -0.392 e. The lowest BCUT2D eigenvalue weighted by Crippen LogP contribution is -2.56. The molecule has 4 fully saturated rings. The summed E-state index contributed by atoms with van der Waals surface area (Å²) < 4.78 is 0.485. The maximum Gasteiger partial charge on any atom is 0.0663 e. The predicted molar refractivity (Wildman–Crippen MR) is 132 cm³/mol. The zero-order chi connectivity index (χ0) is 21.0. The summed E-state index contributed by atoms with van der Waals surface area (Å²) in [7, 11) is 0. The molecule has 0 bridgehead atoms. The van der Waals surface area contributed by atoms with Gasteiger partial charge in [0.05, 0.1) is 6.10 Å². The predicted octanol–water partition coefficient (Wildman–Crippen LogP) is 7.88. The Hall–Kier alpha value is 0.690. The van der Waals surface area contributed by atoms with Crippen LogP contribution in [0.4, 0.5) is 0 Å². The van der Waals surface area contributed by atoms with Gasteiger partial charge in [-0.15, -0.1) is 0 Å². The van der Waals surface area contributed by atoms with Crippen LogP contribution in [0.15, 0.2) is 0 Å². The fraction of sp³-hybridized carbons (Fsp3) is 1.00. The minimum absolute atomic E-state index is 0.0683. The quantitative estimate of drug-likeness (QED) is 0.292. The molecule has 0 heterocycles. The molecule has 0 aliphatic heterocycles. The van der Waals surface area contributed by atoms with Gasteiger partial charge in [0.1, 0.15) is 0 Å². The molecular weight excluding hydrogens is 467 g/mol. The molecule has 0 radical (unpaired) electrons. The summed E-state index contributed by atoms with van der Waals surface area (Å²) in [5.41, 5.74) is 1.01. The van der Waals surface area contributed by atoms with Gasteiger partial charge in [0.2, 0.25) is 0 Å². The summed E-state index contributed by atoms with van der Waals surface area (Å²) in [4.78, 5) is 0. The molecule has 1 N–H and O–H groups in total. The van der Waals surface area contributed by atoms with E-state index in [0.717, 1.165) is 47.8 Å². The van der Waals surface area contributed by atoms with E-state index in [1.165, 1.54) is 64.2 Å². The van der Waals surface area contributed by atoms with Crippen LogP contribution in [0.5, 0.6) is 0 Å². The number of fused-ring (bicyclic) bond motifs is 5. The number of rotatable bonds is 5. The lowest BCUT2D eigenvalue weighted by molar-refractivity contribution is -0.130. The first-order chi connectivity index (χ1) is 13.7. The smallest absolute Gasteiger partial charge is 0.0663 e. The van der Waals surface area contributed by atoms with Crippen molar-refractivity contribution in [3.05, 3.63) is 0 Å². The van der Waals surface area contributed by atoms with Crippen LogP contribution in [-0.2, 0) is 0 Å². The third-order valence-corrected chi connectivity index (χ3v) is 12.2. The fourth-order valence-electron chi connectivity index (χ4n) is 9.27. The van der Waals surface area contributed by atoms with E-state index in [1.54, 1.807) is 0 Å². The Morgan fingerprint density at radius 2 is 1.66 bits per heavy atom. The molecule has 0 aromatic carbocycles. The average Bonchev–Trinajstić information content (AvgIpc) is 3.00. The topological polar surface area (TPSA) is 20.2 Å². The van der Waals surface area contributed by atoms with Crippen molar-refractivity contribution in [2.75, 3.05) is 0 Å². The van der Waals surface area contributed by atoms with Crippen LogP contribution < -0.4 is 0 Å². The summed E-state index contributed by atoms with van der Waals surface area (Å²) in [5.74, 6) is 6.38. The van der Waals surface area contributed by atoms with Gasteiger partial charge in [-0.25, -0.2) is 0 Å². The van der Waals surface area contributed by atoms with Gasteiger partial charge >= 0.3 is 0 Å². The van der Waals surface area contributed by atoms with Crippen molar-refractivity contribution < 1.29 is 5.11 Å². The average molecular weight is 515 g/mol. The van der Waals surface area contributed by atoms with Crippen LogP contribution in [0.1, 0.15) is 105 Å². The van der Waals surface area contributed by atoms with E-state index >= 15 is 0 Å². The highest BCUT2D eigenvalue weighted by Gasteiger charge is 2.61. The highest BCUT2D eigenvalue weighted by atomic mass is 127. The normalized spacial score (nSPS) is 50.7. The minimum atomic E-state index is -0.0683. The van der Waals surface area contributed by atoms with Crippen molar-refractivity contribution in [3.8, 4) is 0 Å². The van der Waals surface area contributed by atoms with E-state index in [0.29, 0.717) is 14.8 Å². The Labute approximate surface area is 194 Å². The van der Waals surface area contributed by atoms with Crippen molar-refractivity contribution in [1.29, 1.82) is 0 Å². The molecule has 1 nitrogen and oxygen atoms in total. The number of halogens is 1. The van der Waals surface area contributed by atoms with Crippen LogP contribution >= 0.6 is 22.6 Å². The second kappa shape index (κ2) is 8.56. The molecule has 0 aromatic rings. The Bertz CT molecular complexity index is 575. The number of hydrogen-bond acceptors (Lipinski definition) is 1. The Balaban J connectivity index is 1.47. The first kappa shape index (κ1) is 22.9. The monoisotopic (exact) mass is 514 g/mol. The Morgan fingerprint density at radius 3 is 2.38 bits per heavy atom. The fourth-order valence-corrected chi connectivity index (χ4v) is 10.1. The van der Waals surface area contributed by atoms with E-state index < -0.39 is 0 Å². The number of alkyl halides is 1. The first-order valence-electron chi connectivity index (χ1n) is 13.0. The maximum absolute atomic E-state index is 10.7. The summed E-state index contributed by atoms with van der Waals surface area (Å²) in [6.07, 6.45) is 15.4. The van der Waals surface area contributed by atoms with Crippen LogP contribution in [0.2, 0.25) is 0 Å². The molecule has 2 heteroatoms. The number of hydrogen-bond donors (Lipinski definition) is 1. The Kier molecular flexibility index (Phi) is 6.75. The molecule has 0 spiro atoms. The molecule has 10 atom stereocenters. The molecule has 4 rings (SSSR count). The molecule has 0 unspecified atom stereocenters. The third kappa shape index (κ3) is 3.98. The zero-order valence-corrected chi connectivity index (χ0v) is 22.0. The van der Waals surface area contributed by atoms with Crippen molar-refractivity contribution in [3.63, 3.8) is 0 Å². The van der Waals surface area contributed by atoms with Crippen LogP contribution in [0, 0.1) is 52.3 Å². The molecule has 0 aromatic heterocycles. The van der Waals surface area contributed by atoms with Crippen LogP contribution in [0.3, 0.4) is 0 Å². The van der Waals surface area contributed by atoms with Crippen molar-refractivity contribution in [1.82, 2.24) is 0 Å². The van der Waals surface area contributed by atoms with Gasteiger partial charge in [-0.3, -0.25) is 0 Å². The van der Waals surface area contributed by atoms with Crippen LogP contribution in [0.25, 0.3) is 0 Å². The van der Waals surface area contributed by atoms with Crippen molar-refractivity contribution >= 4 is 22.6 Å². The number of aliphatic hydroxyl groups is 1. The van der Waals surface area contributed by atoms with Crippen molar-refractivity contribution in [2.24, 2.45) is 52.3 Å². The highest BCUT2D eigenvalue weighted by Crippen LogP contribution is 2.68. The van der Waals surface area contributed by atoms with Gasteiger partial charge in [-0.05, 0) is 104 Å². The van der Waals surface area contributed by atoms with E-state index in [-0.39, 0.29) is 6.10 Å².